The van der Waals surface area contributed by atoms with Crippen molar-refractivity contribution in [3.63, 3.8) is 0 Å². The van der Waals surface area contributed by atoms with Crippen molar-refractivity contribution < 1.29 is 32.2 Å². The molecule has 2 amide bonds. The van der Waals surface area contributed by atoms with Crippen LogP contribution in [0.2, 0.25) is 0 Å². The minimum absolute atomic E-state index is 0.183. The number of hydrogen-bond donors (Lipinski definition) is 2. The van der Waals surface area contributed by atoms with E-state index >= 15 is 0 Å². The number of nitrogens with one attached hydrogen (secondary N) is 2. The van der Waals surface area contributed by atoms with Gasteiger partial charge in [0.25, 0.3) is 11.8 Å². The fraction of sp³-hybridized carbons (Fsp3) is 0.150. The average molecular weight is 434 g/mol. The van der Waals surface area contributed by atoms with Gasteiger partial charge in [0.05, 0.1) is 7.11 Å². The Morgan fingerprint density at radius 2 is 1.48 bits per heavy atom. The first kappa shape index (κ1) is 21.7. The molecule has 0 atom stereocenters. The summed E-state index contributed by atoms with van der Waals surface area (Å²) in [4.78, 5) is 24.7. The van der Waals surface area contributed by atoms with Gasteiger partial charge in [-0.1, -0.05) is 0 Å². The summed E-state index contributed by atoms with van der Waals surface area (Å²) in [5.41, 5.74) is 1.28. The van der Waals surface area contributed by atoms with Crippen LogP contribution in [-0.4, -0.2) is 35.1 Å². The van der Waals surface area contributed by atoms with E-state index in [2.05, 4.69) is 20.5 Å². The first-order valence-electron chi connectivity index (χ1n) is 8.81. The minimum Gasteiger partial charge on any atom is -0.479 e. The summed E-state index contributed by atoms with van der Waals surface area (Å²) >= 11 is 0. The number of carbonyl (C=O) groups is 2. The zero-order valence-electron chi connectivity index (χ0n) is 16.4. The highest BCUT2D eigenvalue weighted by Crippen LogP contribution is 2.24. The fourth-order valence-corrected chi connectivity index (χ4v) is 2.62. The molecule has 1 aromatic heterocycles. The summed E-state index contributed by atoms with van der Waals surface area (Å²) in [5, 5.41) is 9.25. The number of carbonyl (C=O) groups excluding carboxylic acids is 2. The highest BCUT2D eigenvalue weighted by atomic mass is 19.4. The van der Waals surface area contributed by atoms with Crippen molar-refractivity contribution in [2.75, 3.05) is 17.7 Å². The molecule has 162 valence electrons. The number of amides is 2. The van der Waals surface area contributed by atoms with Gasteiger partial charge in [-0.15, -0.1) is 18.3 Å². The second kappa shape index (κ2) is 8.78. The molecule has 0 fully saturated rings. The lowest BCUT2D eigenvalue weighted by molar-refractivity contribution is -0.274. The largest absolute Gasteiger partial charge is 0.573 e. The summed E-state index contributed by atoms with van der Waals surface area (Å²) in [6, 6.07) is 10.8. The molecule has 0 aliphatic carbocycles. The molecular formula is C20H17F3N4O4. The second-order valence-corrected chi connectivity index (χ2v) is 6.28. The number of benzene rings is 2. The molecule has 11 heteroatoms. The molecule has 0 radical (unpaired) electrons. The number of anilines is 2. The van der Waals surface area contributed by atoms with Gasteiger partial charge in [0.1, 0.15) is 11.3 Å². The number of nitrogens with zero attached hydrogens (tertiary/aromatic N) is 2. The predicted molar refractivity (Wildman–Crippen MR) is 105 cm³/mol. The standard InChI is InChI=1S/C20H17F3N4O4/c1-27-11-16(19(26-27)30-2)18(29)25-13-5-3-12(4-6-13)17(28)24-14-7-9-15(10-8-14)31-20(21,22)23/h3-11H,1-2H3,(H,24,28)(H,25,29). The summed E-state index contributed by atoms with van der Waals surface area (Å²) in [6.45, 7) is 0. The fourth-order valence-electron chi connectivity index (χ4n) is 2.62. The molecule has 2 aromatic carbocycles. The van der Waals surface area contributed by atoms with Crippen molar-refractivity contribution >= 4 is 23.2 Å². The average Bonchev–Trinajstić information content (AvgIpc) is 3.10. The highest BCUT2D eigenvalue weighted by molar-refractivity contribution is 6.07. The Morgan fingerprint density at radius 3 is 2.03 bits per heavy atom. The number of ether oxygens (including phenoxy) is 2. The second-order valence-electron chi connectivity index (χ2n) is 6.28. The molecule has 0 aliphatic rings. The van der Waals surface area contributed by atoms with Crippen LogP contribution >= 0.6 is 0 Å². The minimum atomic E-state index is -4.79. The third kappa shape index (κ3) is 5.75. The zero-order chi connectivity index (χ0) is 22.6. The zero-order valence-corrected chi connectivity index (χ0v) is 16.4. The van der Waals surface area contributed by atoms with E-state index in [1.165, 1.54) is 54.4 Å². The van der Waals surface area contributed by atoms with Crippen LogP contribution in [-0.2, 0) is 7.05 Å². The quantitative estimate of drug-likeness (QED) is 0.615. The van der Waals surface area contributed by atoms with E-state index in [-0.39, 0.29) is 17.0 Å². The molecule has 0 unspecified atom stereocenters. The predicted octanol–water partition coefficient (Wildman–Crippen LogP) is 3.83. The number of hydrogen-bond acceptors (Lipinski definition) is 5. The lowest BCUT2D eigenvalue weighted by atomic mass is 10.2. The van der Waals surface area contributed by atoms with Gasteiger partial charge < -0.3 is 20.1 Å². The number of methoxy groups -OCH3 is 1. The molecule has 8 nitrogen and oxygen atoms in total. The normalized spacial score (nSPS) is 11.0. The van der Waals surface area contributed by atoms with Crippen LogP contribution in [0, 0.1) is 0 Å². The number of aromatic nitrogens is 2. The molecule has 1 heterocycles. The maximum atomic E-state index is 12.4. The van der Waals surface area contributed by atoms with Crippen molar-refractivity contribution in [2.45, 2.75) is 6.36 Å². The number of aryl methyl sites for hydroxylation is 1. The van der Waals surface area contributed by atoms with Crippen LogP contribution in [0.4, 0.5) is 24.5 Å². The van der Waals surface area contributed by atoms with Crippen molar-refractivity contribution in [3.8, 4) is 11.6 Å². The van der Waals surface area contributed by atoms with E-state index in [0.717, 1.165) is 12.1 Å². The smallest absolute Gasteiger partial charge is 0.479 e. The maximum absolute atomic E-state index is 12.4. The monoisotopic (exact) mass is 434 g/mol. The molecule has 0 saturated heterocycles. The summed E-state index contributed by atoms with van der Waals surface area (Å²) < 4.78 is 46.9. The number of rotatable bonds is 6. The molecule has 3 rings (SSSR count). The van der Waals surface area contributed by atoms with Crippen LogP contribution in [0.3, 0.4) is 0 Å². The third-order valence-corrected chi connectivity index (χ3v) is 3.98. The summed E-state index contributed by atoms with van der Waals surface area (Å²) in [6.07, 6.45) is -3.27. The van der Waals surface area contributed by atoms with Crippen LogP contribution in [0.1, 0.15) is 20.7 Å². The molecule has 3 aromatic rings. The van der Waals surface area contributed by atoms with E-state index in [4.69, 9.17) is 4.74 Å². The van der Waals surface area contributed by atoms with Gasteiger partial charge in [0, 0.05) is 30.2 Å². The van der Waals surface area contributed by atoms with Gasteiger partial charge in [-0.25, -0.2) is 0 Å². The number of halogens is 3. The van der Waals surface area contributed by atoms with E-state index in [1.807, 2.05) is 0 Å². The van der Waals surface area contributed by atoms with Crippen molar-refractivity contribution in [2.24, 2.45) is 7.05 Å². The van der Waals surface area contributed by atoms with E-state index < -0.39 is 23.9 Å². The van der Waals surface area contributed by atoms with Crippen LogP contribution < -0.4 is 20.1 Å². The highest BCUT2D eigenvalue weighted by Gasteiger charge is 2.31. The Hall–Kier alpha value is -4.02. The molecule has 0 saturated carbocycles. The Kier molecular flexibility index (Phi) is 6.14. The lowest BCUT2D eigenvalue weighted by Gasteiger charge is -2.10. The maximum Gasteiger partial charge on any atom is 0.573 e. The summed E-state index contributed by atoms with van der Waals surface area (Å²) in [5.74, 6) is -1.11. The SMILES string of the molecule is COc1nn(C)cc1C(=O)Nc1ccc(C(=O)Nc2ccc(OC(F)(F)F)cc2)cc1. The van der Waals surface area contributed by atoms with Crippen LogP contribution in [0.25, 0.3) is 0 Å². The van der Waals surface area contributed by atoms with Crippen molar-refractivity contribution in [3.05, 3.63) is 65.9 Å². The van der Waals surface area contributed by atoms with E-state index in [0.29, 0.717) is 11.4 Å². The van der Waals surface area contributed by atoms with Crippen molar-refractivity contribution in [1.82, 2.24) is 9.78 Å². The molecule has 0 spiro atoms. The Morgan fingerprint density at radius 1 is 0.935 bits per heavy atom. The summed E-state index contributed by atoms with van der Waals surface area (Å²) in [7, 11) is 3.06. The van der Waals surface area contributed by atoms with Crippen LogP contribution in [0.15, 0.2) is 54.7 Å². The molecule has 0 bridgehead atoms. The molecule has 0 aliphatic heterocycles. The Labute approximate surface area is 174 Å². The lowest BCUT2D eigenvalue weighted by Crippen LogP contribution is -2.17. The van der Waals surface area contributed by atoms with Crippen LogP contribution in [0.5, 0.6) is 11.6 Å². The van der Waals surface area contributed by atoms with Crippen molar-refractivity contribution in [1.29, 1.82) is 0 Å². The molecule has 31 heavy (non-hydrogen) atoms. The van der Waals surface area contributed by atoms with Gasteiger partial charge in [0.2, 0.25) is 5.88 Å². The Bertz CT molecular complexity index is 1080. The van der Waals surface area contributed by atoms with E-state index in [1.54, 1.807) is 7.05 Å². The first-order valence-corrected chi connectivity index (χ1v) is 8.81. The first-order chi connectivity index (χ1) is 14.6. The van der Waals surface area contributed by atoms with Gasteiger partial charge in [-0.05, 0) is 48.5 Å². The topological polar surface area (TPSA) is 94.5 Å². The number of alkyl halides is 3. The van der Waals surface area contributed by atoms with Gasteiger partial charge >= 0.3 is 6.36 Å². The molecule has 2 N–H and O–H groups in total. The third-order valence-electron chi connectivity index (χ3n) is 3.98. The van der Waals surface area contributed by atoms with E-state index in [9.17, 15) is 22.8 Å². The molecular weight excluding hydrogens is 417 g/mol. The van der Waals surface area contributed by atoms with Gasteiger partial charge in [-0.2, -0.15) is 0 Å². The van der Waals surface area contributed by atoms with Gasteiger partial charge in [0.15, 0.2) is 0 Å². The Balaban J connectivity index is 1.61. The van der Waals surface area contributed by atoms with Gasteiger partial charge in [-0.3, -0.25) is 14.3 Å².